The van der Waals surface area contributed by atoms with Crippen LogP contribution in [-0.4, -0.2) is 17.0 Å². The van der Waals surface area contributed by atoms with E-state index in [4.69, 9.17) is 5.11 Å². The Morgan fingerprint density at radius 2 is 2.00 bits per heavy atom. The van der Waals surface area contributed by atoms with Crippen molar-refractivity contribution in [2.75, 3.05) is 0 Å². The first-order valence-electron chi connectivity index (χ1n) is 5.83. The summed E-state index contributed by atoms with van der Waals surface area (Å²) >= 11 is 0. The van der Waals surface area contributed by atoms with Crippen LogP contribution in [0.2, 0.25) is 0 Å². The third-order valence-corrected chi connectivity index (χ3v) is 2.48. The van der Waals surface area contributed by atoms with Crippen LogP contribution in [-0.2, 0) is 9.59 Å². The number of amides is 1. The Balaban J connectivity index is 2.75. The first-order chi connectivity index (χ1) is 8.63. The zero-order chi connectivity index (χ0) is 13.4. The molecule has 4 nitrogen and oxygen atoms in total. The summed E-state index contributed by atoms with van der Waals surface area (Å²) in [5, 5.41) is 11.5. The molecule has 0 heterocycles. The predicted molar refractivity (Wildman–Crippen MR) is 69.0 cm³/mol. The fourth-order valence-corrected chi connectivity index (χ4v) is 1.65. The summed E-state index contributed by atoms with van der Waals surface area (Å²) in [4.78, 5) is 22.1. The van der Waals surface area contributed by atoms with E-state index in [-0.39, 0.29) is 18.4 Å². The van der Waals surface area contributed by atoms with E-state index in [9.17, 15) is 9.59 Å². The van der Waals surface area contributed by atoms with Crippen LogP contribution in [0.1, 0.15) is 31.4 Å². The minimum Gasteiger partial charge on any atom is -0.481 e. The number of carboxylic acid groups (broad SMARTS) is 1. The van der Waals surface area contributed by atoms with E-state index in [1.807, 2.05) is 30.3 Å². The lowest BCUT2D eigenvalue weighted by molar-refractivity contribution is -0.137. The van der Waals surface area contributed by atoms with Crippen LogP contribution >= 0.6 is 0 Å². The molecule has 0 aliphatic rings. The molecule has 0 aliphatic heterocycles. The van der Waals surface area contributed by atoms with Gasteiger partial charge in [-0.05, 0) is 25.0 Å². The van der Waals surface area contributed by atoms with Crippen molar-refractivity contribution in [3.63, 3.8) is 0 Å². The second-order valence-electron chi connectivity index (χ2n) is 3.90. The van der Waals surface area contributed by atoms with Crippen molar-refractivity contribution in [1.82, 2.24) is 5.32 Å². The molecule has 4 heteroatoms. The molecule has 1 atom stereocenters. The van der Waals surface area contributed by atoms with E-state index in [0.717, 1.165) is 5.56 Å². The number of rotatable bonds is 6. The Morgan fingerprint density at radius 1 is 1.33 bits per heavy atom. The van der Waals surface area contributed by atoms with Gasteiger partial charge in [0.25, 0.3) is 0 Å². The van der Waals surface area contributed by atoms with Crippen molar-refractivity contribution < 1.29 is 14.7 Å². The third-order valence-electron chi connectivity index (χ3n) is 2.48. The van der Waals surface area contributed by atoms with Gasteiger partial charge in [0.1, 0.15) is 0 Å². The van der Waals surface area contributed by atoms with Crippen LogP contribution in [0.4, 0.5) is 0 Å². The molecule has 1 unspecified atom stereocenters. The van der Waals surface area contributed by atoms with Gasteiger partial charge in [-0.1, -0.05) is 36.4 Å². The molecule has 0 radical (unpaired) electrons. The van der Waals surface area contributed by atoms with Crippen molar-refractivity contribution in [2.24, 2.45) is 0 Å². The fraction of sp³-hybridized carbons (Fsp3) is 0.286. The van der Waals surface area contributed by atoms with Crippen LogP contribution < -0.4 is 5.32 Å². The average molecular weight is 247 g/mol. The van der Waals surface area contributed by atoms with Crippen LogP contribution in [0.3, 0.4) is 0 Å². The number of hydrogen-bond donors (Lipinski definition) is 2. The molecule has 96 valence electrons. The number of allylic oxidation sites excluding steroid dienone is 1. The first-order valence-corrected chi connectivity index (χ1v) is 5.83. The van der Waals surface area contributed by atoms with Crippen molar-refractivity contribution >= 4 is 11.9 Å². The SMILES string of the molecule is C/C=C/C(=O)NC(CCC(=O)O)c1ccccc1. The second-order valence-corrected chi connectivity index (χ2v) is 3.90. The van der Waals surface area contributed by atoms with Gasteiger partial charge in [-0.2, -0.15) is 0 Å². The van der Waals surface area contributed by atoms with Crippen molar-refractivity contribution in [1.29, 1.82) is 0 Å². The van der Waals surface area contributed by atoms with E-state index in [1.54, 1.807) is 13.0 Å². The average Bonchev–Trinajstić information content (AvgIpc) is 2.35. The van der Waals surface area contributed by atoms with Gasteiger partial charge < -0.3 is 10.4 Å². The topological polar surface area (TPSA) is 66.4 Å². The van der Waals surface area contributed by atoms with E-state index < -0.39 is 5.97 Å². The Labute approximate surface area is 106 Å². The lowest BCUT2D eigenvalue weighted by Gasteiger charge is -2.17. The number of hydrogen-bond acceptors (Lipinski definition) is 2. The van der Waals surface area contributed by atoms with Crippen LogP contribution in [0.5, 0.6) is 0 Å². The molecule has 0 spiro atoms. The summed E-state index contributed by atoms with van der Waals surface area (Å²) in [6.45, 7) is 1.76. The van der Waals surface area contributed by atoms with Gasteiger partial charge in [-0.3, -0.25) is 9.59 Å². The zero-order valence-electron chi connectivity index (χ0n) is 10.3. The van der Waals surface area contributed by atoms with Crippen LogP contribution in [0, 0.1) is 0 Å². The lowest BCUT2D eigenvalue weighted by atomic mass is 10.0. The monoisotopic (exact) mass is 247 g/mol. The third kappa shape index (κ3) is 4.82. The summed E-state index contributed by atoms with van der Waals surface area (Å²) in [7, 11) is 0. The summed E-state index contributed by atoms with van der Waals surface area (Å²) in [6.07, 6.45) is 3.48. The van der Waals surface area contributed by atoms with Crippen LogP contribution in [0.25, 0.3) is 0 Å². The van der Waals surface area contributed by atoms with Gasteiger partial charge in [0.15, 0.2) is 0 Å². The number of carboxylic acids is 1. The molecular formula is C14H17NO3. The van der Waals surface area contributed by atoms with E-state index >= 15 is 0 Å². The highest BCUT2D eigenvalue weighted by atomic mass is 16.4. The molecule has 1 aromatic carbocycles. The standard InChI is InChI=1S/C14H17NO3/c1-2-6-13(16)15-12(9-10-14(17)18)11-7-4-3-5-8-11/h2-8,12H,9-10H2,1H3,(H,15,16)(H,17,18)/b6-2+. The maximum Gasteiger partial charge on any atom is 0.303 e. The van der Waals surface area contributed by atoms with Gasteiger partial charge in [0.05, 0.1) is 6.04 Å². The molecule has 0 aliphatic carbocycles. The molecule has 1 rings (SSSR count). The minimum absolute atomic E-state index is 0.0235. The molecule has 0 aromatic heterocycles. The second kappa shape index (κ2) is 7.27. The molecule has 0 fully saturated rings. The number of nitrogens with one attached hydrogen (secondary N) is 1. The Kier molecular flexibility index (Phi) is 5.64. The van der Waals surface area contributed by atoms with Crippen molar-refractivity contribution in [2.45, 2.75) is 25.8 Å². The largest absolute Gasteiger partial charge is 0.481 e. The smallest absolute Gasteiger partial charge is 0.303 e. The maximum atomic E-state index is 11.5. The summed E-state index contributed by atoms with van der Waals surface area (Å²) < 4.78 is 0. The molecule has 1 aromatic rings. The summed E-state index contributed by atoms with van der Waals surface area (Å²) in [6, 6.07) is 9.10. The van der Waals surface area contributed by atoms with Gasteiger partial charge in [0, 0.05) is 6.42 Å². The molecule has 0 bridgehead atoms. The Morgan fingerprint density at radius 3 is 2.56 bits per heavy atom. The number of benzene rings is 1. The lowest BCUT2D eigenvalue weighted by Crippen LogP contribution is -2.27. The molecular weight excluding hydrogens is 230 g/mol. The number of carbonyl (C=O) groups is 2. The predicted octanol–water partition coefficient (Wildman–Crippen LogP) is 2.28. The van der Waals surface area contributed by atoms with Crippen molar-refractivity contribution in [3.8, 4) is 0 Å². The molecule has 0 saturated carbocycles. The zero-order valence-corrected chi connectivity index (χ0v) is 10.3. The first kappa shape index (κ1) is 14.0. The number of aliphatic carboxylic acids is 1. The Bertz CT molecular complexity index is 426. The van der Waals surface area contributed by atoms with E-state index in [1.165, 1.54) is 6.08 Å². The van der Waals surface area contributed by atoms with E-state index in [2.05, 4.69) is 5.32 Å². The molecule has 0 saturated heterocycles. The summed E-state index contributed by atoms with van der Waals surface area (Å²) in [5.41, 5.74) is 0.914. The highest BCUT2D eigenvalue weighted by Gasteiger charge is 2.14. The van der Waals surface area contributed by atoms with Gasteiger partial charge in [-0.15, -0.1) is 0 Å². The van der Waals surface area contributed by atoms with Crippen LogP contribution in [0.15, 0.2) is 42.5 Å². The number of carbonyl (C=O) groups excluding carboxylic acids is 1. The molecule has 18 heavy (non-hydrogen) atoms. The van der Waals surface area contributed by atoms with Gasteiger partial charge >= 0.3 is 5.97 Å². The fourth-order valence-electron chi connectivity index (χ4n) is 1.65. The molecule has 2 N–H and O–H groups in total. The highest BCUT2D eigenvalue weighted by molar-refractivity contribution is 5.87. The highest BCUT2D eigenvalue weighted by Crippen LogP contribution is 2.18. The maximum absolute atomic E-state index is 11.5. The van der Waals surface area contributed by atoms with Gasteiger partial charge in [0.2, 0.25) is 5.91 Å². The van der Waals surface area contributed by atoms with Gasteiger partial charge in [-0.25, -0.2) is 0 Å². The quantitative estimate of drug-likeness (QED) is 0.758. The summed E-state index contributed by atoms with van der Waals surface area (Å²) in [5.74, 6) is -1.08. The minimum atomic E-state index is -0.865. The normalized spacial score (nSPS) is 12.3. The van der Waals surface area contributed by atoms with Crippen molar-refractivity contribution in [3.05, 3.63) is 48.0 Å². The van der Waals surface area contributed by atoms with E-state index in [0.29, 0.717) is 6.42 Å². The molecule has 1 amide bonds. The Hall–Kier alpha value is -2.10.